The summed E-state index contributed by atoms with van der Waals surface area (Å²) >= 11 is 0. The predicted molar refractivity (Wildman–Crippen MR) is 156 cm³/mol. The van der Waals surface area contributed by atoms with Crippen LogP contribution in [0.25, 0.3) is 0 Å². The molecule has 1 amide bonds. The van der Waals surface area contributed by atoms with Crippen LogP contribution in [0.2, 0.25) is 0 Å². The van der Waals surface area contributed by atoms with Crippen molar-refractivity contribution in [3.8, 4) is 0 Å². The van der Waals surface area contributed by atoms with Crippen molar-refractivity contribution in [1.29, 1.82) is 0 Å². The molecule has 4 nitrogen and oxygen atoms in total. The highest BCUT2D eigenvalue weighted by Gasteiger charge is 2.17. The van der Waals surface area contributed by atoms with Crippen LogP contribution >= 0.6 is 0 Å². The molecule has 0 spiro atoms. The number of carbonyl (C=O) groups excluding carboxylic acids is 1. The first-order chi connectivity index (χ1) is 17.7. The highest BCUT2D eigenvalue weighted by atomic mass is 16.3. The average Bonchev–Trinajstić information content (AvgIpc) is 2.88. The summed E-state index contributed by atoms with van der Waals surface area (Å²) < 4.78 is 0. The van der Waals surface area contributed by atoms with Crippen LogP contribution in [0.4, 0.5) is 0 Å². The largest absolute Gasteiger partial charge is 0.394 e. The van der Waals surface area contributed by atoms with Crippen LogP contribution in [0, 0.1) is 0 Å². The maximum atomic E-state index is 12.2. The smallest absolute Gasteiger partial charge is 0.220 e. The van der Waals surface area contributed by atoms with Crippen LogP contribution in [-0.2, 0) is 4.79 Å². The van der Waals surface area contributed by atoms with E-state index in [-0.39, 0.29) is 12.5 Å². The zero-order chi connectivity index (χ0) is 26.5. The number of hydrogen-bond acceptors (Lipinski definition) is 3. The fourth-order valence-electron chi connectivity index (χ4n) is 4.46. The minimum absolute atomic E-state index is 0.0776. The maximum absolute atomic E-state index is 12.2. The number of aliphatic hydroxyl groups is 2. The summed E-state index contributed by atoms with van der Waals surface area (Å²) in [6, 6.07) is -0.620. The minimum Gasteiger partial charge on any atom is -0.394 e. The van der Waals surface area contributed by atoms with Gasteiger partial charge in [-0.3, -0.25) is 4.79 Å². The fourth-order valence-corrected chi connectivity index (χ4v) is 4.46. The van der Waals surface area contributed by atoms with E-state index in [0.717, 1.165) is 32.1 Å². The Bertz CT molecular complexity index is 518. The lowest BCUT2D eigenvalue weighted by Crippen LogP contribution is -2.45. The molecule has 0 aromatic heterocycles. The summed E-state index contributed by atoms with van der Waals surface area (Å²) in [7, 11) is 0. The Labute approximate surface area is 224 Å². The summed E-state index contributed by atoms with van der Waals surface area (Å²) in [5, 5.41) is 22.7. The van der Waals surface area contributed by atoms with E-state index in [1.165, 1.54) is 103 Å². The Kier molecular flexibility index (Phi) is 27.5. The number of allylic oxidation sites excluding steroid dienone is 3. The Morgan fingerprint density at radius 1 is 0.639 bits per heavy atom. The first-order valence-corrected chi connectivity index (χ1v) is 15.6. The van der Waals surface area contributed by atoms with Gasteiger partial charge < -0.3 is 15.5 Å². The lowest BCUT2D eigenvalue weighted by molar-refractivity contribution is -0.123. The third kappa shape index (κ3) is 24.6. The summed E-state index contributed by atoms with van der Waals surface area (Å²) in [4.78, 5) is 12.2. The van der Waals surface area contributed by atoms with E-state index >= 15 is 0 Å². The van der Waals surface area contributed by atoms with Gasteiger partial charge in [0.2, 0.25) is 5.91 Å². The van der Waals surface area contributed by atoms with Gasteiger partial charge in [-0.25, -0.2) is 0 Å². The van der Waals surface area contributed by atoms with E-state index in [4.69, 9.17) is 0 Å². The van der Waals surface area contributed by atoms with Crippen LogP contribution in [-0.4, -0.2) is 34.9 Å². The molecule has 0 unspecified atom stereocenters. The molecule has 0 aromatic rings. The number of nitrogens with one attached hydrogen (secondary N) is 1. The van der Waals surface area contributed by atoms with Gasteiger partial charge in [0.25, 0.3) is 0 Å². The molecule has 0 aliphatic heterocycles. The molecule has 0 saturated heterocycles. The Morgan fingerprint density at radius 3 is 1.53 bits per heavy atom. The van der Waals surface area contributed by atoms with Gasteiger partial charge in [0.15, 0.2) is 0 Å². The van der Waals surface area contributed by atoms with Gasteiger partial charge in [-0.2, -0.15) is 0 Å². The molecule has 0 aliphatic rings. The second-order valence-corrected chi connectivity index (χ2v) is 10.5. The van der Waals surface area contributed by atoms with Gasteiger partial charge in [-0.15, -0.1) is 0 Å². The molecule has 0 aromatic carbocycles. The van der Waals surface area contributed by atoms with Crippen LogP contribution in [0.15, 0.2) is 24.3 Å². The minimum atomic E-state index is -0.836. The maximum Gasteiger partial charge on any atom is 0.220 e. The quantitative estimate of drug-likeness (QED) is 0.0770. The van der Waals surface area contributed by atoms with E-state index in [1.807, 2.05) is 6.08 Å². The summed E-state index contributed by atoms with van der Waals surface area (Å²) in [6.07, 6.45) is 33.9. The second-order valence-electron chi connectivity index (χ2n) is 10.5. The van der Waals surface area contributed by atoms with E-state index in [0.29, 0.717) is 6.42 Å². The molecule has 36 heavy (non-hydrogen) atoms. The van der Waals surface area contributed by atoms with Gasteiger partial charge in [0.05, 0.1) is 18.8 Å². The highest BCUT2D eigenvalue weighted by Crippen LogP contribution is 2.11. The zero-order valence-electron chi connectivity index (χ0n) is 24.0. The van der Waals surface area contributed by atoms with Crippen molar-refractivity contribution in [3.05, 3.63) is 24.3 Å². The monoisotopic (exact) mass is 507 g/mol. The van der Waals surface area contributed by atoms with Crippen LogP contribution in [0.3, 0.4) is 0 Å². The Morgan fingerprint density at radius 2 is 1.06 bits per heavy atom. The third-order valence-electron chi connectivity index (χ3n) is 6.93. The van der Waals surface area contributed by atoms with Gasteiger partial charge in [-0.05, 0) is 44.9 Å². The van der Waals surface area contributed by atoms with Gasteiger partial charge >= 0.3 is 0 Å². The normalized spacial score (nSPS) is 13.6. The fraction of sp³-hybridized carbons (Fsp3) is 0.844. The molecule has 0 heterocycles. The van der Waals surface area contributed by atoms with E-state index in [2.05, 4.69) is 31.3 Å². The molecule has 0 aliphatic carbocycles. The van der Waals surface area contributed by atoms with E-state index in [9.17, 15) is 15.0 Å². The van der Waals surface area contributed by atoms with Crippen molar-refractivity contribution in [2.24, 2.45) is 0 Å². The standard InChI is InChI=1S/C32H61NO3/c1-3-5-7-9-11-13-14-15-16-17-18-20-22-24-26-28-32(36)33-30(29-34)31(35)27-25-23-21-19-12-10-8-6-4-2/h15-16,25,27,30-31,34-35H,3-14,17-24,26,28-29H2,1-2H3,(H,33,36)/b16-15+,27-25+/t30-,31+/m0/s1. The molecule has 0 radical (unpaired) electrons. The van der Waals surface area contributed by atoms with E-state index in [1.54, 1.807) is 6.08 Å². The number of unbranched alkanes of at least 4 members (excludes halogenated alkanes) is 18. The molecular formula is C32H61NO3. The summed E-state index contributed by atoms with van der Waals surface area (Å²) in [5.41, 5.74) is 0. The number of amides is 1. The lowest BCUT2D eigenvalue weighted by Gasteiger charge is -2.20. The topological polar surface area (TPSA) is 69.6 Å². The number of hydrogen-bond donors (Lipinski definition) is 3. The molecule has 3 N–H and O–H groups in total. The highest BCUT2D eigenvalue weighted by molar-refractivity contribution is 5.76. The van der Waals surface area contributed by atoms with Crippen molar-refractivity contribution in [3.63, 3.8) is 0 Å². The van der Waals surface area contributed by atoms with Crippen molar-refractivity contribution >= 4 is 5.91 Å². The second kappa shape index (κ2) is 28.4. The molecule has 0 rings (SSSR count). The van der Waals surface area contributed by atoms with Crippen LogP contribution in [0.1, 0.15) is 155 Å². The molecule has 212 valence electrons. The number of rotatable bonds is 27. The SMILES string of the molecule is CCCCCCCC/C=C/CCCCCCCC(=O)N[C@@H](CO)[C@H](O)/C=C/CCCCCCCCC. The van der Waals surface area contributed by atoms with Crippen molar-refractivity contribution in [1.82, 2.24) is 5.32 Å². The molecular weight excluding hydrogens is 446 g/mol. The third-order valence-corrected chi connectivity index (χ3v) is 6.93. The molecule has 0 bridgehead atoms. The first kappa shape index (κ1) is 34.9. The summed E-state index contributed by atoms with van der Waals surface area (Å²) in [5.74, 6) is -0.0776. The van der Waals surface area contributed by atoms with Crippen LogP contribution in [0.5, 0.6) is 0 Å². The van der Waals surface area contributed by atoms with Crippen molar-refractivity contribution in [2.45, 2.75) is 167 Å². The molecule has 4 heteroatoms. The number of aliphatic hydroxyl groups excluding tert-OH is 2. The van der Waals surface area contributed by atoms with Crippen molar-refractivity contribution in [2.75, 3.05) is 6.61 Å². The van der Waals surface area contributed by atoms with Gasteiger partial charge in [0, 0.05) is 6.42 Å². The zero-order valence-corrected chi connectivity index (χ0v) is 24.0. The van der Waals surface area contributed by atoms with E-state index < -0.39 is 12.1 Å². The lowest BCUT2D eigenvalue weighted by atomic mass is 10.1. The molecule has 0 saturated carbocycles. The summed E-state index contributed by atoms with van der Waals surface area (Å²) in [6.45, 7) is 4.25. The van der Waals surface area contributed by atoms with Gasteiger partial charge in [-0.1, -0.05) is 128 Å². The number of carbonyl (C=O) groups is 1. The predicted octanol–water partition coefficient (Wildman–Crippen LogP) is 8.56. The first-order valence-electron chi connectivity index (χ1n) is 15.6. The molecule has 2 atom stereocenters. The van der Waals surface area contributed by atoms with Crippen LogP contribution < -0.4 is 5.32 Å². The molecule has 0 fully saturated rings. The van der Waals surface area contributed by atoms with Gasteiger partial charge in [0.1, 0.15) is 0 Å². The Balaban J connectivity index is 3.67. The Hall–Kier alpha value is -1.13. The average molecular weight is 508 g/mol. The van der Waals surface area contributed by atoms with Crippen molar-refractivity contribution < 1.29 is 15.0 Å².